The highest BCUT2D eigenvalue weighted by Gasteiger charge is 2.43. The van der Waals surface area contributed by atoms with Gasteiger partial charge in [-0.1, -0.05) is 0 Å². The number of carbonyl (C=O) groups excluding carboxylic acids is 1. The Balaban J connectivity index is 2.01. The van der Waals surface area contributed by atoms with Crippen molar-refractivity contribution in [1.29, 1.82) is 0 Å². The van der Waals surface area contributed by atoms with Crippen LogP contribution in [0.25, 0.3) is 0 Å². The van der Waals surface area contributed by atoms with Crippen molar-refractivity contribution in [3.63, 3.8) is 0 Å². The number of hydrogen-bond acceptors (Lipinski definition) is 4. The molecule has 14 heavy (non-hydrogen) atoms. The Kier molecular flexibility index (Phi) is 2.65. The lowest BCUT2D eigenvalue weighted by Gasteiger charge is -2.38. The number of thiazole rings is 1. The van der Waals surface area contributed by atoms with Gasteiger partial charge in [0.1, 0.15) is 5.60 Å². The number of ether oxygens (including phenoxy) is 1. The molecular formula is C10H13NO2S. The quantitative estimate of drug-likeness (QED) is 0.762. The van der Waals surface area contributed by atoms with Crippen molar-refractivity contribution in [2.45, 2.75) is 31.3 Å². The molecule has 0 unspecified atom stereocenters. The number of carbonyl (C=O) groups is 1. The van der Waals surface area contributed by atoms with Crippen LogP contribution in [0.5, 0.6) is 0 Å². The lowest BCUT2D eigenvalue weighted by atomic mass is 9.76. The van der Waals surface area contributed by atoms with Crippen LogP contribution in [0.15, 0.2) is 11.6 Å². The van der Waals surface area contributed by atoms with E-state index < -0.39 is 5.60 Å². The predicted octanol–water partition coefficient (Wildman–Crippen LogP) is 1.82. The molecule has 4 heteroatoms. The van der Waals surface area contributed by atoms with Gasteiger partial charge in [0.15, 0.2) is 5.78 Å². The lowest BCUT2D eigenvalue weighted by Crippen LogP contribution is -2.47. The largest absolute Gasteiger partial charge is 0.370 e. The van der Waals surface area contributed by atoms with Gasteiger partial charge in [0.05, 0.1) is 11.4 Å². The maximum atomic E-state index is 11.9. The molecule has 0 aliphatic heterocycles. The zero-order valence-corrected chi connectivity index (χ0v) is 8.97. The molecule has 1 fully saturated rings. The van der Waals surface area contributed by atoms with Gasteiger partial charge in [0.2, 0.25) is 0 Å². The molecule has 0 radical (unpaired) electrons. The summed E-state index contributed by atoms with van der Waals surface area (Å²) in [4.78, 5) is 16.0. The van der Waals surface area contributed by atoms with Crippen molar-refractivity contribution < 1.29 is 9.53 Å². The Hall–Kier alpha value is -0.740. The maximum Gasteiger partial charge on any atom is 0.171 e. The van der Waals surface area contributed by atoms with Crippen LogP contribution in [0.3, 0.4) is 0 Å². The predicted molar refractivity (Wildman–Crippen MR) is 54.4 cm³/mol. The molecular weight excluding hydrogens is 198 g/mol. The van der Waals surface area contributed by atoms with Crippen LogP contribution in [0.4, 0.5) is 0 Å². The highest BCUT2D eigenvalue weighted by Crippen LogP contribution is 2.36. The van der Waals surface area contributed by atoms with Crippen molar-refractivity contribution in [3.8, 4) is 0 Å². The standard InChI is InChI=1S/C10H13NO2S/c1-13-10(3-2-4-10)8(12)7-9-11-5-6-14-9/h5-6H,2-4,7H2,1H3. The van der Waals surface area contributed by atoms with Crippen molar-refractivity contribution in [2.75, 3.05) is 7.11 Å². The first-order valence-electron chi connectivity index (χ1n) is 4.74. The summed E-state index contributed by atoms with van der Waals surface area (Å²) in [6.45, 7) is 0. The van der Waals surface area contributed by atoms with E-state index in [1.165, 1.54) is 11.3 Å². The summed E-state index contributed by atoms with van der Waals surface area (Å²) in [5, 5.41) is 2.78. The summed E-state index contributed by atoms with van der Waals surface area (Å²) in [5.41, 5.74) is -0.480. The average molecular weight is 211 g/mol. The highest BCUT2D eigenvalue weighted by molar-refractivity contribution is 7.09. The third-order valence-electron chi connectivity index (χ3n) is 2.86. The highest BCUT2D eigenvalue weighted by atomic mass is 32.1. The zero-order valence-electron chi connectivity index (χ0n) is 8.16. The first kappa shape index (κ1) is 9.80. The molecule has 0 amide bonds. The van der Waals surface area contributed by atoms with Gasteiger partial charge in [-0.15, -0.1) is 11.3 Å². The molecule has 0 aromatic carbocycles. The molecule has 0 spiro atoms. The van der Waals surface area contributed by atoms with E-state index in [2.05, 4.69) is 4.98 Å². The van der Waals surface area contributed by atoms with Crippen LogP contribution in [0.2, 0.25) is 0 Å². The summed E-state index contributed by atoms with van der Waals surface area (Å²) < 4.78 is 5.31. The molecule has 1 aromatic rings. The normalized spacial score (nSPS) is 18.9. The lowest BCUT2D eigenvalue weighted by molar-refractivity contribution is -0.151. The fourth-order valence-corrected chi connectivity index (χ4v) is 2.35. The fourth-order valence-electron chi connectivity index (χ4n) is 1.73. The summed E-state index contributed by atoms with van der Waals surface area (Å²) in [6.07, 6.45) is 4.98. The van der Waals surface area contributed by atoms with Crippen LogP contribution in [-0.2, 0) is 16.0 Å². The number of methoxy groups -OCH3 is 1. The molecule has 1 aromatic heterocycles. The van der Waals surface area contributed by atoms with Gasteiger partial charge in [-0.3, -0.25) is 4.79 Å². The molecule has 76 valence electrons. The Morgan fingerprint density at radius 1 is 1.71 bits per heavy atom. The summed E-state index contributed by atoms with van der Waals surface area (Å²) in [6, 6.07) is 0. The number of Topliss-reactive ketones (excluding diaryl/α,β-unsaturated/α-hetero) is 1. The number of nitrogens with zero attached hydrogens (tertiary/aromatic N) is 1. The smallest absolute Gasteiger partial charge is 0.171 e. The molecule has 1 saturated carbocycles. The third kappa shape index (κ3) is 1.60. The van der Waals surface area contributed by atoms with Crippen molar-refractivity contribution >= 4 is 17.1 Å². The molecule has 2 rings (SSSR count). The van der Waals surface area contributed by atoms with Crippen LogP contribution in [0.1, 0.15) is 24.3 Å². The molecule has 0 saturated heterocycles. The first-order valence-corrected chi connectivity index (χ1v) is 5.62. The maximum absolute atomic E-state index is 11.9. The first-order chi connectivity index (χ1) is 6.77. The second-order valence-corrected chi connectivity index (χ2v) is 4.56. The van der Waals surface area contributed by atoms with Crippen molar-refractivity contribution in [1.82, 2.24) is 4.98 Å². The zero-order chi connectivity index (χ0) is 10.0. The van der Waals surface area contributed by atoms with E-state index in [1.807, 2.05) is 5.38 Å². The minimum absolute atomic E-state index is 0.182. The Morgan fingerprint density at radius 3 is 2.93 bits per heavy atom. The van der Waals surface area contributed by atoms with Gasteiger partial charge in [0, 0.05) is 18.7 Å². The van der Waals surface area contributed by atoms with Crippen molar-refractivity contribution in [3.05, 3.63) is 16.6 Å². The SMILES string of the molecule is COC1(C(=O)Cc2nccs2)CCC1. The van der Waals surface area contributed by atoms with Gasteiger partial charge in [-0.25, -0.2) is 4.98 Å². The van der Waals surface area contributed by atoms with E-state index in [1.54, 1.807) is 13.3 Å². The number of rotatable bonds is 4. The second kappa shape index (κ2) is 3.79. The Labute approximate surface area is 87.1 Å². The van der Waals surface area contributed by atoms with Gasteiger partial charge < -0.3 is 4.74 Å². The topological polar surface area (TPSA) is 39.2 Å². The fraction of sp³-hybridized carbons (Fsp3) is 0.600. The van der Waals surface area contributed by atoms with Gasteiger partial charge in [-0.2, -0.15) is 0 Å². The van der Waals surface area contributed by atoms with Gasteiger partial charge in [0.25, 0.3) is 0 Å². The summed E-state index contributed by atoms with van der Waals surface area (Å²) in [5.74, 6) is 0.182. The molecule has 0 N–H and O–H groups in total. The monoisotopic (exact) mass is 211 g/mol. The van der Waals surface area contributed by atoms with Crippen LogP contribution < -0.4 is 0 Å². The van der Waals surface area contributed by atoms with E-state index in [0.717, 1.165) is 24.3 Å². The number of aromatic nitrogens is 1. The Bertz CT molecular complexity index is 311. The Morgan fingerprint density at radius 2 is 2.50 bits per heavy atom. The molecule has 1 aliphatic rings. The van der Waals surface area contributed by atoms with E-state index in [4.69, 9.17) is 4.74 Å². The van der Waals surface area contributed by atoms with Gasteiger partial charge in [-0.05, 0) is 19.3 Å². The molecule has 0 atom stereocenters. The minimum atomic E-state index is -0.480. The summed E-state index contributed by atoms with van der Waals surface area (Å²) >= 11 is 1.52. The van der Waals surface area contributed by atoms with Gasteiger partial charge >= 0.3 is 0 Å². The molecule has 0 bridgehead atoms. The number of hydrogen-bond donors (Lipinski definition) is 0. The van der Waals surface area contributed by atoms with E-state index >= 15 is 0 Å². The van der Waals surface area contributed by atoms with E-state index in [9.17, 15) is 4.79 Å². The molecule has 1 aliphatic carbocycles. The molecule has 1 heterocycles. The third-order valence-corrected chi connectivity index (χ3v) is 3.64. The average Bonchev–Trinajstić information content (AvgIpc) is 2.55. The minimum Gasteiger partial charge on any atom is -0.370 e. The van der Waals surface area contributed by atoms with E-state index in [-0.39, 0.29) is 5.78 Å². The van der Waals surface area contributed by atoms with Crippen LogP contribution >= 0.6 is 11.3 Å². The van der Waals surface area contributed by atoms with Crippen molar-refractivity contribution in [2.24, 2.45) is 0 Å². The number of ketones is 1. The molecule has 3 nitrogen and oxygen atoms in total. The van der Waals surface area contributed by atoms with Crippen LogP contribution in [-0.4, -0.2) is 23.5 Å². The summed E-state index contributed by atoms with van der Waals surface area (Å²) in [7, 11) is 1.62. The van der Waals surface area contributed by atoms with E-state index in [0.29, 0.717) is 6.42 Å². The van der Waals surface area contributed by atoms with Crippen LogP contribution in [0, 0.1) is 0 Å². The second-order valence-electron chi connectivity index (χ2n) is 3.58.